The van der Waals surface area contributed by atoms with Gasteiger partial charge in [0.1, 0.15) is 41.7 Å². The molecule has 12 heteroatoms. The molecule has 0 bridgehead atoms. The molecule has 0 aliphatic carbocycles. The van der Waals surface area contributed by atoms with Crippen LogP contribution >= 0.6 is 11.9 Å². The molecule has 1 aliphatic rings. The maximum absolute atomic E-state index is 13.9. The number of aliphatic hydroxyl groups is 4. The minimum absolute atomic E-state index is 0.0576. The first-order valence-electron chi connectivity index (χ1n) is 17.0. The number of alkyl halides is 2. The number of nitrogens with zero attached hydrogens (tertiary/aromatic N) is 1. The molecule has 3 rings (SSSR count). The van der Waals surface area contributed by atoms with Crippen molar-refractivity contribution in [3.63, 3.8) is 0 Å². The third-order valence-corrected chi connectivity index (χ3v) is 9.46. The van der Waals surface area contributed by atoms with Crippen LogP contribution < -0.4 is 4.74 Å². The van der Waals surface area contributed by atoms with E-state index in [0.717, 1.165) is 17.1 Å². The van der Waals surface area contributed by atoms with Gasteiger partial charge in [0, 0.05) is 18.4 Å². The molecule has 0 aromatic heterocycles. The second-order valence-corrected chi connectivity index (χ2v) is 14.3. The van der Waals surface area contributed by atoms with Gasteiger partial charge in [-0.2, -0.15) is 0 Å². The second-order valence-electron chi connectivity index (χ2n) is 13.3. The van der Waals surface area contributed by atoms with Crippen molar-refractivity contribution in [3.8, 4) is 11.5 Å². The van der Waals surface area contributed by atoms with E-state index in [9.17, 15) is 34.0 Å². The van der Waals surface area contributed by atoms with Crippen molar-refractivity contribution in [2.45, 2.75) is 97.4 Å². The summed E-state index contributed by atoms with van der Waals surface area (Å²) in [5, 5.41) is 40.3. The van der Waals surface area contributed by atoms with Gasteiger partial charge in [-0.15, -0.1) is 0 Å². The van der Waals surface area contributed by atoms with Gasteiger partial charge >= 0.3 is 0 Å². The lowest BCUT2D eigenvalue weighted by atomic mass is 9.68. The van der Waals surface area contributed by atoms with Crippen molar-refractivity contribution in [1.29, 1.82) is 0 Å². The van der Waals surface area contributed by atoms with Gasteiger partial charge in [-0.3, -0.25) is 17.9 Å². The largest absolute Gasteiger partial charge is 0.457 e. The summed E-state index contributed by atoms with van der Waals surface area (Å²) in [5.74, 6) is 1.48. The van der Waals surface area contributed by atoms with Gasteiger partial charge in [-0.25, -0.2) is 0 Å². The van der Waals surface area contributed by atoms with Gasteiger partial charge < -0.3 is 34.6 Å². The minimum Gasteiger partial charge on any atom is -0.457 e. The van der Waals surface area contributed by atoms with Gasteiger partial charge in [0.25, 0.3) is 0 Å². The molecule has 1 heterocycles. The topological polar surface area (TPSA) is 129 Å². The molecule has 1 aliphatic heterocycles. The van der Waals surface area contributed by atoms with E-state index < -0.39 is 42.7 Å². The fraction of sp³-hybridized carbons (Fsp3) is 0.658. The Morgan fingerprint density at radius 1 is 0.920 bits per heavy atom. The van der Waals surface area contributed by atoms with Crippen LogP contribution in [0.25, 0.3) is 0 Å². The fourth-order valence-electron chi connectivity index (χ4n) is 5.90. The molecule has 0 saturated carbocycles. The average molecular weight is 732 g/mol. The molecule has 0 spiro atoms. The monoisotopic (exact) mass is 731 g/mol. The summed E-state index contributed by atoms with van der Waals surface area (Å²) in [6.45, 7) is 14.6. The highest BCUT2D eigenvalue weighted by Gasteiger charge is 2.44. The quantitative estimate of drug-likeness (QED) is 0.140. The Morgan fingerprint density at radius 3 is 1.98 bits per heavy atom. The lowest BCUT2D eigenvalue weighted by molar-refractivity contribution is -0.303. The Bertz CT molecular complexity index is 1170. The van der Waals surface area contributed by atoms with Gasteiger partial charge in [-0.1, -0.05) is 90.7 Å². The van der Waals surface area contributed by atoms with Crippen molar-refractivity contribution in [2.75, 3.05) is 47.4 Å². The molecule has 9 nitrogen and oxygen atoms in total. The van der Waals surface area contributed by atoms with E-state index in [2.05, 4.69) is 37.2 Å². The summed E-state index contributed by atoms with van der Waals surface area (Å²) >= 11 is 1.60. The third kappa shape index (κ3) is 14.8. The van der Waals surface area contributed by atoms with E-state index in [1.807, 2.05) is 83.5 Å². The normalized spacial score (nSPS) is 21.7. The Morgan fingerprint density at radius 2 is 1.46 bits per heavy atom. The molecular weight excluding hydrogens is 668 g/mol. The lowest BCUT2D eigenvalue weighted by Crippen LogP contribution is -2.59. The molecule has 4 N–H and O–H groups in total. The molecule has 288 valence electrons. The summed E-state index contributed by atoms with van der Waals surface area (Å²) in [5.41, 5.74) is 0.170. The van der Waals surface area contributed by atoms with Crippen LogP contribution in [-0.4, -0.2) is 109 Å². The van der Waals surface area contributed by atoms with Crippen molar-refractivity contribution in [1.82, 2.24) is 4.31 Å². The number of benzene rings is 2. The smallest absolute Gasteiger partial charge is 0.186 e. The number of halogens is 2. The molecule has 50 heavy (non-hydrogen) atoms. The summed E-state index contributed by atoms with van der Waals surface area (Å²) in [7, 11) is 2.99. The number of ether oxygens (including phenoxy) is 3. The third-order valence-electron chi connectivity index (χ3n) is 8.69. The number of carbonyl (C=O) groups excluding carboxylic acids is 1. The number of rotatable bonds is 16. The van der Waals surface area contributed by atoms with Crippen LogP contribution in [0, 0.1) is 17.3 Å². The Hall–Kier alpha value is -2.16. The van der Waals surface area contributed by atoms with Crippen molar-refractivity contribution in [3.05, 3.63) is 60.2 Å². The van der Waals surface area contributed by atoms with Crippen molar-refractivity contribution in [2.24, 2.45) is 17.3 Å². The van der Waals surface area contributed by atoms with Crippen molar-refractivity contribution < 1.29 is 48.2 Å². The summed E-state index contributed by atoms with van der Waals surface area (Å²) in [6.07, 6.45) is -3.90. The van der Waals surface area contributed by atoms with Crippen LogP contribution in [0.2, 0.25) is 0 Å². The lowest BCUT2D eigenvalue weighted by Gasteiger charge is -2.40. The number of Topliss-reactive ketones (excluding diaryl/α,β-unsaturated/α-hetero) is 1. The van der Waals surface area contributed by atoms with Gasteiger partial charge in [-0.05, 0) is 66.8 Å². The van der Waals surface area contributed by atoms with E-state index in [0.29, 0.717) is 27.3 Å². The molecular formula is C38H63F2NO8S. The fourth-order valence-corrected chi connectivity index (χ4v) is 6.28. The highest BCUT2D eigenvalue weighted by molar-refractivity contribution is 7.96. The highest BCUT2D eigenvalue weighted by atomic mass is 32.2. The minimum atomic E-state index is -1.52. The zero-order chi connectivity index (χ0) is 38.7. The zero-order valence-electron chi connectivity index (χ0n) is 31.8. The molecule has 2 aromatic carbocycles. The molecule has 0 radical (unpaired) electrons. The van der Waals surface area contributed by atoms with Crippen LogP contribution in [0.4, 0.5) is 8.78 Å². The first-order chi connectivity index (χ1) is 23.7. The van der Waals surface area contributed by atoms with Gasteiger partial charge in [0.2, 0.25) is 0 Å². The number of aliphatic hydroxyl groups excluding tert-OH is 4. The maximum atomic E-state index is 13.9. The predicted octanol–water partition coefficient (Wildman–Crippen LogP) is 6.61. The Labute approximate surface area is 303 Å². The molecule has 0 amide bonds. The number of hydrogen-bond acceptors (Lipinski definition) is 10. The standard InChI is InChI=1S/C34H51NO8S.C2H6.2CH3F/c1-22(18-35(6)44-7)23(20-41-32-31(40)30(39)29(38)27(19-36)43-32)17-28(37)34(4,5)21-33(2,3)24-13-15-26(16-14-24)42-25-11-9-8-10-12-25;3*1-2/h8-16,22-23,27,29-32,36,38-40H,17-21H2,1-7H3;1-2H3;2*1H3/t22?,23-,27?,29?,30?,31?,32?;;;/m0.../s1. The van der Waals surface area contributed by atoms with E-state index >= 15 is 0 Å². The number of carbonyl (C=O) groups is 1. The van der Waals surface area contributed by atoms with E-state index in [1.54, 1.807) is 11.9 Å². The summed E-state index contributed by atoms with van der Waals surface area (Å²) in [6, 6.07) is 17.6. The average Bonchev–Trinajstić information content (AvgIpc) is 3.12. The van der Waals surface area contributed by atoms with Crippen molar-refractivity contribution >= 4 is 17.7 Å². The Balaban J connectivity index is 0.00000379. The molecule has 2 aromatic rings. The van der Waals surface area contributed by atoms with Crippen LogP contribution in [0.5, 0.6) is 11.5 Å². The number of hydrogen-bond donors (Lipinski definition) is 4. The summed E-state index contributed by atoms with van der Waals surface area (Å²) < 4.78 is 38.5. The SMILES string of the molecule is CC.CF.CF.CSN(C)CC(C)[C@H](COC1OC(CO)C(O)C(O)C1O)CC(=O)C(C)(C)CC(C)(C)c1ccc(Oc2ccccc2)cc1. The number of para-hydroxylation sites is 1. The van der Waals surface area contributed by atoms with Crippen LogP contribution in [0.1, 0.15) is 66.9 Å². The summed E-state index contributed by atoms with van der Waals surface area (Å²) in [4.78, 5) is 13.9. The Kier molecular flexibility index (Phi) is 23.1. The van der Waals surface area contributed by atoms with Crippen LogP contribution in [-0.2, 0) is 19.7 Å². The van der Waals surface area contributed by atoms with Crippen LogP contribution in [0.15, 0.2) is 54.6 Å². The van der Waals surface area contributed by atoms with Crippen LogP contribution in [0.3, 0.4) is 0 Å². The van der Waals surface area contributed by atoms with Gasteiger partial charge in [0.05, 0.1) is 27.6 Å². The van der Waals surface area contributed by atoms with Gasteiger partial charge in [0.15, 0.2) is 6.29 Å². The maximum Gasteiger partial charge on any atom is 0.186 e. The van der Waals surface area contributed by atoms with E-state index in [4.69, 9.17) is 14.2 Å². The molecule has 6 unspecified atom stereocenters. The second kappa shape index (κ2) is 24.2. The number of ketones is 1. The molecule has 7 atom stereocenters. The first kappa shape index (κ1) is 47.8. The zero-order valence-corrected chi connectivity index (χ0v) is 32.6. The molecule has 1 saturated heterocycles. The van der Waals surface area contributed by atoms with E-state index in [1.165, 1.54) is 0 Å². The highest BCUT2D eigenvalue weighted by Crippen LogP contribution is 2.40. The molecule has 1 fully saturated rings. The van der Waals surface area contributed by atoms with E-state index in [-0.39, 0.29) is 36.1 Å². The predicted molar refractivity (Wildman–Crippen MR) is 198 cm³/mol. The first-order valence-corrected chi connectivity index (χ1v) is 18.2.